The molecule has 0 saturated heterocycles. The molecule has 0 unspecified atom stereocenters. The lowest BCUT2D eigenvalue weighted by molar-refractivity contribution is 0.234. The van der Waals surface area contributed by atoms with Gasteiger partial charge in [0, 0.05) is 5.56 Å². The van der Waals surface area contributed by atoms with E-state index < -0.39 is 0 Å². The third-order valence-electron chi connectivity index (χ3n) is 1.37. The Morgan fingerprint density at radius 1 is 1.42 bits per heavy atom. The van der Waals surface area contributed by atoms with E-state index in [9.17, 15) is 4.91 Å². The van der Waals surface area contributed by atoms with Crippen molar-refractivity contribution in [3.05, 3.63) is 34.7 Å². The zero-order valence-electron chi connectivity index (χ0n) is 6.11. The molecule has 0 aliphatic heterocycles. The molecule has 0 saturated carbocycles. The molecule has 0 heterocycles. The molecule has 0 aliphatic carbocycles. The van der Waals surface area contributed by atoms with E-state index in [2.05, 4.69) is 5.18 Å². The first-order valence-electron chi connectivity index (χ1n) is 3.20. The fraction of sp³-hybridized carbons (Fsp3) is 0. The van der Waals surface area contributed by atoms with Crippen molar-refractivity contribution in [2.75, 3.05) is 0 Å². The predicted octanol–water partition coefficient (Wildman–Crippen LogP) is 1.39. The summed E-state index contributed by atoms with van der Waals surface area (Å²) in [6, 6.07) is 5.97. The van der Waals surface area contributed by atoms with Gasteiger partial charge in [-0.25, -0.2) is 0 Å². The van der Waals surface area contributed by atoms with Crippen LogP contribution < -0.4 is 5.48 Å². The number of nitrogens with one attached hydrogen (secondary N) is 2. The molecule has 5 heteroatoms. The molecule has 0 atom stereocenters. The van der Waals surface area contributed by atoms with Gasteiger partial charge in [0.1, 0.15) is 11.5 Å². The predicted molar refractivity (Wildman–Crippen MR) is 43.6 cm³/mol. The standard InChI is InChI=1S/C7H7N3O2/c8-7(10-12)5-1-3-6(9-11)4-2-5/h1-4,12H,(H2,8,10). The lowest BCUT2D eigenvalue weighted by Gasteiger charge is -1.99. The van der Waals surface area contributed by atoms with Crippen LogP contribution in [0, 0.1) is 10.3 Å². The summed E-state index contributed by atoms with van der Waals surface area (Å²) < 4.78 is 0. The summed E-state index contributed by atoms with van der Waals surface area (Å²) in [6.45, 7) is 0. The zero-order chi connectivity index (χ0) is 8.97. The van der Waals surface area contributed by atoms with Gasteiger partial charge < -0.3 is 0 Å². The van der Waals surface area contributed by atoms with Crippen LogP contribution in [0.1, 0.15) is 5.56 Å². The van der Waals surface area contributed by atoms with Gasteiger partial charge >= 0.3 is 0 Å². The van der Waals surface area contributed by atoms with Crippen molar-refractivity contribution in [1.82, 2.24) is 5.48 Å². The van der Waals surface area contributed by atoms with Crippen LogP contribution in [-0.4, -0.2) is 11.0 Å². The highest BCUT2D eigenvalue weighted by molar-refractivity contribution is 5.95. The summed E-state index contributed by atoms with van der Waals surface area (Å²) in [5.74, 6) is -0.118. The van der Waals surface area contributed by atoms with Gasteiger partial charge in [0.15, 0.2) is 0 Å². The number of nitroso groups, excluding NO2 is 1. The lowest BCUT2D eigenvalue weighted by atomic mass is 10.2. The summed E-state index contributed by atoms with van der Waals surface area (Å²) in [5.41, 5.74) is 2.48. The van der Waals surface area contributed by atoms with Crippen molar-refractivity contribution in [2.24, 2.45) is 5.18 Å². The summed E-state index contributed by atoms with van der Waals surface area (Å²) >= 11 is 0. The molecule has 0 aromatic heterocycles. The van der Waals surface area contributed by atoms with Gasteiger partial charge in [-0.3, -0.25) is 16.1 Å². The van der Waals surface area contributed by atoms with E-state index in [-0.39, 0.29) is 5.84 Å². The highest BCUT2D eigenvalue weighted by Gasteiger charge is 1.98. The number of rotatable bonds is 2. The second kappa shape index (κ2) is 3.59. The van der Waals surface area contributed by atoms with Crippen LogP contribution in [0.25, 0.3) is 0 Å². The maximum absolute atomic E-state index is 9.99. The Morgan fingerprint density at radius 2 is 2.00 bits per heavy atom. The van der Waals surface area contributed by atoms with Crippen molar-refractivity contribution in [1.29, 1.82) is 5.41 Å². The molecule has 12 heavy (non-hydrogen) atoms. The van der Waals surface area contributed by atoms with Crippen LogP contribution in [0.15, 0.2) is 29.4 Å². The van der Waals surface area contributed by atoms with Gasteiger partial charge in [0.25, 0.3) is 0 Å². The van der Waals surface area contributed by atoms with E-state index in [1.807, 2.05) is 0 Å². The molecule has 62 valence electrons. The largest absolute Gasteiger partial charge is 0.290 e. The van der Waals surface area contributed by atoms with Gasteiger partial charge in [0.05, 0.1) is 0 Å². The van der Waals surface area contributed by atoms with E-state index >= 15 is 0 Å². The Morgan fingerprint density at radius 3 is 2.42 bits per heavy atom. The van der Waals surface area contributed by atoms with Crippen LogP contribution >= 0.6 is 0 Å². The van der Waals surface area contributed by atoms with Crippen molar-refractivity contribution in [3.63, 3.8) is 0 Å². The minimum Gasteiger partial charge on any atom is -0.290 e. The quantitative estimate of drug-likeness (QED) is 0.268. The van der Waals surface area contributed by atoms with E-state index in [1.54, 1.807) is 5.48 Å². The number of hydrogen-bond acceptors (Lipinski definition) is 4. The van der Waals surface area contributed by atoms with E-state index in [0.29, 0.717) is 11.3 Å². The van der Waals surface area contributed by atoms with Gasteiger partial charge in [-0.05, 0) is 29.4 Å². The van der Waals surface area contributed by atoms with Gasteiger partial charge in [-0.1, -0.05) is 0 Å². The van der Waals surface area contributed by atoms with E-state index in [0.717, 1.165) is 0 Å². The second-order valence-corrected chi connectivity index (χ2v) is 2.12. The first kappa shape index (κ1) is 8.35. The molecule has 3 N–H and O–H groups in total. The van der Waals surface area contributed by atoms with Crippen LogP contribution in [-0.2, 0) is 0 Å². The highest BCUT2D eigenvalue weighted by atomic mass is 16.5. The average Bonchev–Trinajstić information content (AvgIpc) is 2.17. The van der Waals surface area contributed by atoms with Crippen LogP contribution in [0.4, 0.5) is 5.69 Å². The van der Waals surface area contributed by atoms with Gasteiger partial charge in [-0.15, -0.1) is 4.91 Å². The highest BCUT2D eigenvalue weighted by Crippen LogP contribution is 2.11. The first-order valence-corrected chi connectivity index (χ1v) is 3.20. The topological polar surface area (TPSA) is 85.5 Å². The molecular weight excluding hydrogens is 158 g/mol. The number of amidine groups is 1. The number of hydroxylamine groups is 1. The summed E-state index contributed by atoms with van der Waals surface area (Å²) in [4.78, 5) is 9.99. The van der Waals surface area contributed by atoms with E-state index in [4.69, 9.17) is 10.6 Å². The lowest BCUT2D eigenvalue weighted by Crippen LogP contribution is -2.18. The number of benzene rings is 1. The fourth-order valence-corrected chi connectivity index (χ4v) is 0.754. The third-order valence-corrected chi connectivity index (χ3v) is 1.37. The smallest absolute Gasteiger partial charge is 0.149 e. The number of nitrogens with zero attached hydrogens (tertiary/aromatic N) is 1. The average molecular weight is 165 g/mol. The SMILES string of the molecule is N=C(NO)c1ccc(N=O)cc1. The van der Waals surface area contributed by atoms with Crippen molar-refractivity contribution in [2.45, 2.75) is 0 Å². The Kier molecular flexibility index (Phi) is 2.49. The maximum atomic E-state index is 9.99. The zero-order valence-corrected chi connectivity index (χ0v) is 6.11. The monoisotopic (exact) mass is 165 g/mol. The number of hydrogen-bond donors (Lipinski definition) is 3. The third kappa shape index (κ3) is 1.64. The first-order chi connectivity index (χ1) is 5.77. The van der Waals surface area contributed by atoms with E-state index in [1.165, 1.54) is 24.3 Å². The maximum Gasteiger partial charge on any atom is 0.149 e. The molecule has 0 fully saturated rings. The molecule has 0 radical (unpaired) electrons. The molecule has 0 amide bonds. The Bertz CT molecular complexity index is 294. The summed E-state index contributed by atoms with van der Waals surface area (Å²) in [5, 5.41) is 18.2. The molecule has 1 rings (SSSR count). The summed E-state index contributed by atoms with van der Waals surface area (Å²) in [7, 11) is 0. The van der Waals surface area contributed by atoms with Crippen LogP contribution in [0.5, 0.6) is 0 Å². The molecule has 0 aliphatic rings. The Labute approximate surface area is 68.5 Å². The van der Waals surface area contributed by atoms with Crippen molar-refractivity contribution < 1.29 is 5.21 Å². The fourth-order valence-electron chi connectivity index (χ4n) is 0.754. The molecule has 0 spiro atoms. The molecule has 1 aromatic rings. The molecule has 1 aromatic carbocycles. The minimum atomic E-state index is -0.118. The van der Waals surface area contributed by atoms with Gasteiger partial charge in [0.2, 0.25) is 0 Å². The Balaban J connectivity index is 2.91. The van der Waals surface area contributed by atoms with Crippen LogP contribution in [0.2, 0.25) is 0 Å². The molecule has 0 bridgehead atoms. The van der Waals surface area contributed by atoms with Crippen LogP contribution in [0.3, 0.4) is 0 Å². The second-order valence-electron chi connectivity index (χ2n) is 2.12. The van der Waals surface area contributed by atoms with Crippen molar-refractivity contribution in [3.8, 4) is 0 Å². The minimum absolute atomic E-state index is 0.118. The normalized spacial score (nSPS) is 9.08. The van der Waals surface area contributed by atoms with Gasteiger partial charge in [-0.2, -0.15) is 0 Å². The van der Waals surface area contributed by atoms with Crippen molar-refractivity contribution >= 4 is 11.5 Å². The summed E-state index contributed by atoms with van der Waals surface area (Å²) in [6.07, 6.45) is 0. The molecular formula is C7H7N3O2. The Hall–Kier alpha value is -1.75. The molecule has 5 nitrogen and oxygen atoms in total.